The lowest BCUT2D eigenvalue weighted by molar-refractivity contribution is 0.0921. The summed E-state index contributed by atoms with van der Waals surface area (Å²) >= 11 is 0. The van der Waals surface area contributed by atoms with E-state index >= 15 is 0 Å². The minimum absolute atomic E-state index is 0.142. The fourth-order valence-corrected chi connectivity index (χ4v) is 1.59. The van der Waals surface area contributed by atoms with Crippen LogP contribution in [0.15, 0.2) is 48.5 Å². The van der Waals surface area contributed by atoms with Gasteiger partial charge in [0, 0.05) is 11.6 Å². The Morgan fingerprint density at radius 2 is 1.84 bits per heavy atom. The van der Waals surface area contributed by atoms with Gasteiger partial charge < -0.3 is 9.47 Å². The molecule has 0 heterocycles. The second-order valence-corrected chi connectivity index (χ2v) is 3.90. The summed E-state index contributed by atoms with van der Waals surface area (Å²) in [5.74, 6) is 0.467. The molecular weight excluding hydrogens is 247 g/mol. The van der Waals surface area contributed by atoms with E-state index in [4.69, 9.17) is 9.47 Å². The quantitative estimate of drug-likeness (QED) is 0.775. The lowest BCUT2D eigenvalue weighted by atomic mass is 10.1. The van der Waals surface area contributed by atoms with Crippen molar-refractivity contribution in [1.82, 2.24) is 0 Å². The van der Waals surface area contributed by atoms with Crippen LogP contribution in [0.3, 0.4) is 0 Å². The van der Waals surface area contributed by atoms with Gasteiger partial charge in [-0.05, 0) is 24.3 Å². The maximum absolute atomic E-state index is 13.0. The average Bonchev–Trinajstić information content (AvgIpc) is 2.45. The van der Waals surface area contributed by atoms with Crippen molar-refractivity contribution in [3.8, 4) is 11.5 Å². The van der Waals surface area contributed by atoms with Crippen molar-refractivity contribution in [1.29, 1.82) is 0 Å². The van der Waals surface area contributed by atoms with Gasteiger partial charge in [-0.2, -0.15) is 0 Å². The van der Waals surface area contributed by atoms with Gasteiger partial charge in [0.25, 0.3) is 0 Å². The Morgan fingerprint density at radius 3 is 2.58 bits per heavy atom. The molecule has 0 saturated carbocycles. The molecule has 0 atom stereocenters. The number of methoxy groups -OCH3 is 1. The van der Waals surface area contributed by atoms with Crippen LogP contribution in [0.25, 0.3) is 0 Å². The Bertz CT molecular complexity index is 581. The zero-order chi connectivity index (χ0) is 13.7. The van der Waals surface area contributed by atoms with Crippen LogP contribution >= 0.6 is 0 Å². The molecule has 0 amide bonds. The van der Waals surface area contributed by atoms with Crippen molar-refractivity contribution >= 4 is 5.78 Å². The first-order valence-corrected chi connectivity index (χ1v) is 5.74. The maximum atomic E-state index is 13.0. The predicted molar refractivity (Wildman–Crippen MR) is 69.2 cm³/mol. The fourth-order valence-electron chi connectivity index (χ4n) is 1.59. The van der Waals surface area contributed by atoms with Crippen molar-refractivity contribution in [3.63, 3.8) is 0 Å². The van der Waals surface area contributed by atoms with Gasteiger partial charge >= 0.3 is 0 Å². The smallest absolute Gasteiger partial charge is 0.200 e. The number of hydrogen-bond acceptors (Lipinski definition) is 3. The molecule has 0 spiro atoms. The fraction of sp³-hybridized carbons (Fsp3) is 0.133. The summed E-state index contributed by atoms with van der Waals surface area (Å²) < 4.78 is 23.4. The van der Waals surface area contributed by atoms with E-state index in [1.54, 1.807) is 37.4 Å². The Hall–Kier alpha value is -2.36. The first-order valence-electron chi connectivity index (χ1n) is 5.74. The zero-order valence-corrected chi connectivity index (χ0v) is 10.4. The minimum Gasteiger partial charge on any atom is -0.497 e. The molecule has 0 aromatic heterocycles. The normalized spacial score (nSPS) is 10.0. The Morgan fingerprint density at radius 1 is 1.11 bits per heavy atom. The van der Waals surface area contributed by atoms with Crippen LogP contribution < -0.4 is 9.47 Å². The largest absolute Gasteiger partial charge is 0.497 e. The number of ether oxygens (including phenoxy) is 2. The Labute approximate surface area is 110 Å². The molecule has 98 valence electrons. The Balaban J connectivity index is 2.00. The number of carbonyl (C=O) groups is 1. The second kappa shape index (κ2) is 6.00. The summed E-state index contributed by atoms with van der Waals surface area (Å²) in [4.78, 5) is 11.8. The van der Waals surface area contributed by atoms with Crippen LogP contribution in [-0.2, 0) is 0 Å². The van der Waals surface area contributed by atoms with Gasteiger partial charge in [-0.25, -0.2) is 4.39 Å². The maximum Gasteiger partial charge on any atom is 0.200 e. The van der Waals surface area contributed by atoms with Gasteiger partial charge in [0.2, 0.25) is 0 Å². The monoisotopic (exact) mass is 260 g/mol. The summed E-state index contributed by atoms with van der Waals surface area (Å²) in [6.45, 7) is -0.142. The highest BCUT2D eigenvalue weighted by Gasteiger charge is 2.08. The summed E-state index contributed by atoms with van der Waals surface area (Å²) in [5.41, 5.74) is 0.294. The molecule has 2 aromatic rings. The summed E-state index contributed by atoms with van der Waals surface area (Å²) in [7, 11) is 1.55. The van der Waals surface area contributed by atoms with Crippen molar-refractivity contribution < 1.29 is 18.7 Å². The molecule has 0 aliphatic heterocycles. The molecule has 0 saturated heterocycles. The highest BCUT2D eigenvalue weighted by molar-refractivity contribution is 5.97. The van der Waals surface area contributed by atoms with Crippen LogP contribution in [-0.4, -0.2) is 19.5 Å². The molecule has 4 heteroatoms. The average molecular weight is 260 g/mol. The van der Waals surface area contributed by atoms with E-state index < -0.39 is 5.82 Å². The van der Waals surface area contributed by atoms with E-state index in [0.29, 0.717) is 17.1 Å². The third-order valence-corrected chi connectivity index (χ3v) is 2.56. The van der Waals surface area contributed by atoms with E-state index in [0.717, 1.165) is 0 Å². The lowest BCUT2D eigenvalue weighted by Gasteiger charge is -2.07. The van der Waals surface area contributed by atoms with Crippen LogP contribution in [0.1, 0.15) is 10.4 Å². The number of hydrogen-bond donors (Lipinski definition) is 0. The predicted octanol–water partition coefficient (Wildman–Crippen LogP) is 3.10. The molecule has 0 unspecified atom stereocenters. The number of ketones is 1. The highest BCUT2D eigenvalue weighted by Crippen LogP contribution is 2.19. The molecule has 0 aliphatic rings. The van der Waals surface area contributed by atoms with Crippen molar-refractivity contribution in [2.75, 3.05) is 13.7 Å². The molecule has 2 rings (SSSR count). The topological polar surface area (TPSA) is 35.5 Å². The second-order valence-electron chi connectivity index (χ2n) is 3.90. The van der Waals surface area contributed by atoms with Gasteiger partial charge in [-0.15, -0.1) is 0 Å². The first kappa shape index (κ1) is 13.1. The van der Waals surface area contributed by atoms with Crippen LogP contribution in [0, 0.1) is 5.82 Å². The van der Waals surface area contributed by atoms with Gasteiger partial charge in [0.1, 0.15) is 17.3 Å². The van der Waals surface area contributed by atoms with Gasteiger partial charge in [-0.3, -0.25) is 4.79 Å². The lowest BCUT2D eigenvalue weighted by Crippen LogP contribution is -2.11. The molecule has 2 aromatic carbocycles. The van der Waals surface area contributed by atoms with Crippen molar-refractivity contribution in [2.24, 2.45) is 0 Å². The summed E-state index contributed by atoms with van der Waals surface area (Å²) in [6, 6.07) is 12.5. The van der Waals surface area contributed by atoms with Gasteiger partial charge in [-0.1, -0.05) is 18.2 Å². The van der Waals surface area contributed by atoms with E-state index in [2.05, 4.69) is 0 Å². The van der Waals surface area contributed by atoms with E-state index in [1.165, 1.54) is 18.2 Å². The molecule has 0 fully saturated rings. The molecule has 0 N–H and O–H groups in total. The summed E-state index contributed by atoms with van der Waals surface area (Å²) in [6.07, 6.45) is 0. The van der Waals surface area contributed by atoms with Crippen molar-refractivity contribution in [2.45, 2.75) is 0 Å². The molecule has 3 nitrogen and oxygen atoms in total. The van der Waals surface area contributed by atoms with Crippen LogP contribution in [0.4, 0.5) is 4.39 Å². The van der Waals surface area contributed by atoms with E-state index in [-0.39, 0.29) is 12.4 Å². The zero-order valence-electron chi connectivity index (χ0n) is 10.4. The van der Waals surface area contributed by atoms with Crippen LogP contribution in [0.5, 0.6) is 11.5 Å². The third kappa shape index (κ3) is 3.55. The first-order chi connectivity index (χ1) is 9.19. The standard InChI is InChI=1S/C15H13FO3/c1-18-13-6-3-7-14(9-13)19-10-15(17)11-4-2-5-12(16)8-11/h2-9H,10H2,1H3. The number of carbonyl (C=O) groups excluding carboxylic acids is 1. The molecule has 0 aliphatic carbocycles. The van der Waals surface area contributed by atoms with Crippen molar-refractivity contribution in [3.05, 3.63) is 59.9 Å². The van der Waals surface area contributed by atoms with Crippen LogP contribution in [0.2, 0.25) is 0 Å². The molecule has 0 bridgehead atoms. The SMILES string of the molecule is COc1cccc(OCC(=O)c2cccc(F)c2)c1. The minimum atomic E-state index is -0.438. The number of halogens is 1. The third-order valence-electron chi connectivity index (χ3n) is 2.56. The van der Waals surface area contributed by atoms with E-state index in [1.807, 2.05) is 0 Å². The number of Topliss-reactive ketones (excluding diaryl/α,β-unsaturated/α-hetero) is 1. The molecule has 19 heavy (non-hydrogen) atoms. The summed E-state index contributed by atoms with van der Waals surface area (Å²) in [5, 5.41) is 0. The van der Waals surface area contributed by atoms with E-state index in [9.17, 15) is 9.18 Å². The molecule has 0 radical (unpaired) electrons. The Kier molecular flexibility index (Phi) is 4.13. The van der Waals surface area contributed by atoms with Gasteiger partial charge in [0.15, 0.2) is 12.4 Å². The molecular formula is C15H13FO3. The highest BCUT2D eigenvalue weighted by atomic mass is 19.1. The number of benzene rings is 2. The van der Waals surface area contributed by atoms with Gasteiger partial charge in [0.05, 0.1) is 7.11 Å². The number of rotatable bonds is 5.